The molecule has 128 valence electrons. The zero-order valence-electron chi connectivity index (χ0n) is 14.0. The standard InChI is InChI=1S/C19H15ClN6/c1-25-16-9-12(20)4-5-14(16)18(24-25)17-11-23-19-15(6-8-22-19)26(17)13-3-2-7-21-10-13/h2-11,17,22H,1H3. The summed E-state index contributed by atoms with van der Waals surface area (Å²) in [6.07, 6.45) is 7.43. The van der Waals surface area contributed by atoms with E-state index in [1.54, 1.807) is 6.20 Å². The molecule has 1 aliphatic rings. The molecule has 6 nitrogen and oxygen atoms in total. The van der Waals surface area contributed by atoms with Gasteiger partial charge >= 0.3 is 0 Å². The lowest BCUT2D eigenvalue weighted by atomic mass is 10.1. The Balaban J connectivity index is 1.73. The molecule has 0 saturated heterocycles. The van der Waals surface area contributed by atoms with Gasteiger partial charge in [0.1, 0.15) is 6.04 Å². The first-order chi connectivity index (χ1) is 12.7. The quantitative estimate of drug-likeness (QED) is 0.569. The van der Waals surface area contributed by atoms with Crippen molar-refractivity contribution >= 4 is 45.9 Å². The third-order valence-electron chi connectivity index (χ3n) is 4.63. The van der Waals surface area contributed by atoms with Crippen molar-refractivity contribution < 1.29 is 0 Å². The fourth-order valence-electron chi connectivity index (χ4n) is 3.48. The normalized spacial score (nSPS) is 16.2. The maximum Gasteiger partial charge on any atom is 0.153 e. The molecule has 4 aromatic rings. The number of aromatic amines is 1. The van der Waals surface area contributed by atoms with E-state index in [-0.39, 0.29) is 6.04 Å². The average Bonchev–Trinajstić information content (AvgIpc) is 3.26. The van der Waals surface area contributed by atoms with Gasteiger partial charge < -0.3 is 9.88 Å². The van der Waals surface area contributed by atoms with Crippen molar-refractivity contribution in [3.05, 3.63) is 65.7 Å². The Morgan fingerprint density at radius 3 is 2.96 bits per heavy atom. The Morgan fingerprint density at radius 1 is 1.19 bits per heavy atom. The molecular weight excluding hydrogens is 348 g/mol. The smallest absolute Gasteiger partial charge is 0.153 e. The van der Waals surface area contributed by atoms with Crippen molar-refractivity contribution in [1.82, 2.24) is 19.7 Å². The summed E-state index contributed by atoms with van der Waals surface area (Å²) in [4.78, 5) is 14.3. The Hall–Kier alpha value is -3.12. The van der Waals surface area contributed by atoms with E-state index >= 15 is 0 Å². The van der Waals surface area contributed by atoms with Gasteiger partial charge in [-0.1, -0.05) is 11.6 Å². The van der Waals surface area contributed by atoms with E-state index in [9.17, 15) is 0 Å². The van der Waals surface area contributed by atoms with Gasteiger partial charge in [-0.2, -0.15) is 5.10 Å². The number of hydrogen-bond donors (Lipinski definition) is 1. The first-order valence-electron chi connectivity index (χ1n) is 8.25. The van der Waals surface area contributed by atoms with E-state index in [0.29, 0.717) is 5.02 Å². The number of nitrogens with one attached hydrogen (secondary N) is 1. The number of anilines is 2. The molecule has 26 heavy (non-hydrogen) atoms. The summed E-state index contributed by atoms with van der Waals surface area (Å²) in [6.45, 7) is 0. The van der Waals surface area contributed by atoms with Crippen molar-refractivity contribution in [2.24, 2.45) is 12.0 Å². The highest BCUT2D eigenvalue weighted by atomic mass is 35.5. The van der Waals surface area contributed by atoms with Gasteiger partial charge in [0.05, 0.1) is 28.8 Å². The highest BCUT2D eigenvalue weighted by Crippen LogP contribution is 2.43. The minimum absolute atomic E-state index is 0.146. The summed E-state index contributed by atoms with van der Waals surface area (Å²) >= 11 is 6.17. The number of pyridine rings is 1. The summed E-state index contributed by atoms with van der Waals surface area (Å²) in [6, 6.07) is 11.7. The first-order valence-corrected chi connectivity index (χ1v) is 8.63. The molecule has 3 aromatic heterocycles. The Morgan fingerprint density at radius 2 is 2.12 bits per heavy atom. The SMILES string of the molecule is Cn1nc(C2C=Nc3[nH]ccc3N2c2cccnc2)c2ccc(Cl)cc21. The molecule has 1 unspecified atom stereocenters. The van der Waals surface area contributed by atoms with Crippen molar-refractivity contribution in [3.63, 3.8) is 0 Å². The second-order valence-electron chi connectivity index (χ2n) is 6.19. The van der Waals surface area contributed by atoms with Crippen molar-refractivity contribution in [1.29, 1.82) is 0 Å². The van der Waals surface area contributed by atoms with Gasteiger partial charge in [0.25, 0.3) is 0 Å². The number of halogens is 1. The molecule has 7 heteroatoms. The summed E-state index contributed by atoms with van der Waals surface area (Å²) < 4.78 is 1.86. The molecule has 0 fully saturated rings. The van der Waals surface area contributed by atoms with Gasteiger partial charge in [-0.15, -0.1) is 0 Å². The Kier molecular flexibility index (Phi) is 3.33. The third-order valence-corrected chi connectivity index (χ3v) is 4.87. The fourth-order valence-corrected chi connectivity index (χ4v) is 3.64. The van der Waals surface area contributed by atoms with Crippen LogP contribution in [0.25, 0.3) is 10.9 Å². The largest absolute Gasteiger partial charge is 0.345 e. The van der Waals surface area contributed by atoms with E-state index in [4.69, 9.17) is 16.7 Å². The fraction of sp³-hybridized carbons (Fsp3) is 0.105. The van der Waals surface area contributed by atoms with Crippen LogP contribution in [0.4, 0.5) is 17.2 Å². The molecule has 1 aliphatic heterocycles. The first kappa shape index (κ1) is 15.2. The molecule has 4 heterocycles. The number of aliphatic imine (C=N–C) groups is 1. The zero-order chi connectivity index (χ0) is 17.7. The van der Waals surface area contributed by atoms with Crippen LogP contribution in [0.1, 0.15) is 11.7 Å². The number of rotatable bonds is 2. The number of nitrogens with zero attached hydrogens (tertiary/aromatic N) is 5. The van der Waals surface area contributed by atoms with Gasteiger partial charge in [-0.3, -0.25) is 9.67 Å². The van der Waals surface area contributed by atoms with E-state index in [2.05, 4.69) is 19.9 Å². The average molecular weight is 363 g/mol. The molecule has 5 rings (SSSR count). The lowest BCUT2D eigenvalue weighted by Crippen LogP contribution is -2.27. The number of aryl methyl sites for hydroxylation is 1. The van der Waals surface area contributed by atoms with Crippen LogP contribution in [0.15, 0.2) is 60.0 Å². The monoisotopic (exact) mass is 362 g/mol. The Labute approximate surface area is 154 Å². The van der Waals surface area contributed by atoms with Crippen molar-refractivity contribution in [2.75, 3.05) is 4.90 Å². The number of H-pyrrole nitrogens is 1. The molecule has 0 aliphatic carbocycles. The predicted octanol–water partition coefficient (Wildman–Crippen LogP) is 4.55. The van der Waals surface area contributed by atoms with E-state index in [0.717, 1.165) is 33.8 Å². The molecule has 0 bridgehead atoms. The topological polar surface area (TPSA) is 62.1 Å². The molecule has 1 N–H and O–H groups in total. The van der Waals surface area contributed by atoms with Crippen LogP contribution in [-0.2, 0) is 7.05 Å². The molecule has 0 saturated carbocycles. The van der Waals surface area contributed by atoms with Crippen LogP contribution in [0.5, 0.6) is 0 Å². The van der Waals surface area contributed by atoms with Gasteiger partial charge in [0, 0.05) is 36.1 Å². The van der Waals surface area contributed by atoms with Gasteiger partial charge in [0.15, 0.2) is 5.82 Å². The van der Waals surface area contributed by atoms with Crippen molar-refractivity contribution in [3.8, 4) is 0 Å². The van der Waals surface area contributed by atoms with Crippen LogP contribution in [-0.4, -0.2) is 26.0 Å². The van der Waals surface area contributed by atoms with E-state index in [1.165, 1.54) is 0 Å². The molecule has 0 amide bonds. The zero-order valence-corrected chi connectivity index (χ0v) is 14.7. The van der Waals surface area contributed by atoms with E-state index in [1.807, 2.05) is 66.7 Å². The number of fused-ring (bicyclic) bond motifs is 2. The molecule has 1 aromatic carbocycles. The van der Waals surface area contributed by atoms with Crippen LogP contribution in [0.3, 0.4) is 0 Å². The van der Waals surface area contributed by atoms with Crippen LogP contribution >= 0.6 is 11.6 Å². The lowest BCUT2D eigenvalue weighted by Gasteiger charge is -2.32. The van der Waals surface area contributed by atoms with Crippen LogP contribution in [0.2, 0.25) is 5.02 Å². The van der Waals surface area contributed by atoms with Crippen LogP contribution < -0.4 is 4.90 Å². The van der Waals surface area contributed by atoms with Gasteiger partial charge in [0.2, 0.25) is 0 Å². The predicted molar refractivity (Wildman–Crippen MR) is 104 cm³/mol. The number of hydrogen-bond acceptors (Lipinski definition) is 4. The highest BCUT2D eigenvalue weighted by Gasteiger charge is 2.30. The van der Waals surface area contributed by atoms with Crippen LogP contribution in [0, 0.1) is 0 Å². The maximum absolute atomic E-state index is 6.17. The summed E-state index contributed by atoms with van der Waals surface area (Å²) in [5.74, 6) is 0.827. The second kappa shape index (κ2) is 5.71. The molecule has 1 atom stereocenters. The lowest BCUT2D eigenvalue weighted by molar-refractivity contribution is 0.744. The summed E-state index contributed by atoms with van der Waals surface area (Å²) in [7, 11) is 1.93. The molecule has 0 spiro atoms. The number of benzene rings is 1. The van der Waals surface area contributed by atoms with E-state index < -0.39 is 0 Å². The minimum atomic E-state index is -0.146. The summed E-state index contributed by atoms with van der Waals surface area (Å²) in [5, 5.41) is 6.53. The molecular formula is C19H15ClN6. The minimum Gasteiger partial charge on any atom is -0.345 e. The van der Waals surface area contributed by atoms with Gasteiger partial charge in [-0.25, -0.2) is 4.99 Å². The third kappa shape index (κ3) is 2.23. The van der Waals surface area contributed by atoms with Crippen molar-refractivity contribution in [2.45, 2.75) is 6.04 Å². The number of aromatic nitrogens is 4. The second-order valence-corrected chi connectivity index (χ2v) is 6.62. The van der Waals surface area contributed by atoms with Gasteiger partial charge in [-0.05, 0) is 36.4 Å². The molecule has 0 radical (unpaired) electrons. The summed E-state index contributed by atoms with van der Waals surface area (Å²) in [5.41, 5.74) is 3.90. The maximum atomic E-state index is 6.17. The highest BCUT2D eigenvalue weighted by molar-refractivity contribution is 6.31. The Bertz CT molecular complexity index is 1130.